The molecule has 1 aliphatic rings. The molecule has 3 nitrogen and oxygen atoms in total. The van der Waals surface area contributed by atoms with Gasteiger partial charge in [0, 0.05) is 15.8 Å². The minimum Gasteiger partial charge on any atom is -0.390 e. The predicted octanol–water partition coefficient (Wildman–Crippen LogP) is 3.55. The first-order chi connectivity index (χ1) is 8.97. The third-order valence-corrected chi connectivity index (χ3v) is 4.75. The van der Waals surface area contributed by atoms with E-state index >= 15 is 0 Å². The second kappa shape index (κ2) is 4.46. The van der Waals surface area contributed by atoms with Crippen LogP contribution in [-0.2, 0) is 23.9 Å². The van der Waals surface area contributed by atoms with Crippen LogP contribution in [-0.4, -0.2) is 11.6 Å². The molecule has 2 N–H and O–H groups in total. The van der Waals surface area contributed by atoms with Gasteiger partial charge in [-0.15, -0.1) is 22.7 Å². The van der Waals surface area contributed by atoms with E-state index in [0.717, 1.165) is 27.2 Å². The molecule has 3 rings (SSSR count). The molecule has 0 unspecified atom stereocenters. The van der Waals surface area contributed by atoms with Crippen LogP contribution in [0.3, 0.4) is 0 Å². The summed E-state index contributed by atoms with van der Waals surface area (Å²) in [4.78, 5) is 4.66. The van der Waals surface area contributed by atoms with Crippen LogP contribution in [0.5, 0.6) is 0 Å². The average molecular weight is 306 g/mol. The maximum Gasteiger partial charge on any atom is 0.434 e. The van der Waals surface area contributed by atoms with Crippen molar-refractivity contribution in [3.05, 3.63) is 21.5 Å². The molecule has 102 valence electrons. The molecule has 0 aromatic carbocycles. The average Bonchev–Trinajstić information content (AvgIpc) is 2.90. The predicted molar refractivity (Wildman–Crippen MR) is 68.2 cm³/mol. The summed E-state index contributed by atoms with van der Waals surface area (Å²) in [6.07, 6.45) is -3.75. The van der Waals surface area contributed by atoms with Crippen molar-refractivity contribution in [2.45, 2.75) is 19.2 Å². The quantitative estimate of drug-likeness (QED) is 0.876. The lowest BCUT2D eigenvalue weighted by atomic mass is 10.1. The Morgan fingerprint density at radius 3 is 2.84 bits per heavy atom. The van der Waals surface area contributed by atoms with Crippen molar-refractivity contribution in [1.82, 2.24) is 4.98 Å². The molecule has 2 aromatic heterocycles. The van der Waals surface area contributed by atoms with Crippen LogP contribution in [0, 0.1) is 0 Å². The van der Waals surface area contributed by atoms with Crippen molar-refractivity contribution in [2.75, 3.05) is 12.3 Å². The van der Waals surface area contributed by atoms with Crippen LogP contribution >= 0.6 is 22.7 Å². The van der Waals surface area contributed by atoms with Gasteiger partial charge in [-0.3, -0.25) is 0 Å². The Bertz CT molecular complexity index is 618. The first kappa shape index (κ1) is 12.9. The highest BCUT2D eigenvalue weighted by atomic mass is 32.1. The number of ether oxygens (including phenoxy) is 1. The van der Waals surface area contributed by atoms with Gasteiger partial charge in [-0.05, 0) is 12.0 Å². The highest BCUT2D eigenvalue weighted by Crippen LogP contribution is 2.43. The maximum absolute atomic E-state index is 12.6. The van der Waals surface area contributed by atoms with Crippen molar-refractivity contribution in [3.63, 3.8) is 0 Å². The summed E-state index contributed by atoms with van der Waals surface area (Å²) in [5.41, 5.74) is 6.70. The van der Waals surface area contributed by atoms with Crippen LogP contribution in [0.25, 0.3) is 10.6 Å². The highest BCUT2D eigenvalue weighted by molar-refractivity contribution is 7.18. The summed E-state index contributed by atoms with van der Waals surface area (Å²) in [7, 11) is 0. The van der Waals surface area contributed by atoms with E-state index in [-0.39, 0.29) is 0 Å². The summed E-state index contributed by atoms with van der Waals surface area (Å²) in [5.74, 6) is 0. The van der Waals surface area contributed by atoms with E-state index in [0.29, 0.717) is 35.2 Å². The van der Waals surface area contributed by atoms with E-state index < -0.39 is 11.9 Å². The summed E-state index contributed by atoms with van der Waals surface area (Å²) >= 11 is 2.34. The minimum absolute atomic E-state index is 0.337. The molecule has 0 radical (unpaired) electrons. The van der Waals surface area contributed by atoms with Gasteiger partial charge >= 0.3 is 6.18 Å². The summed E-state index contributed by atoms with van der Waals surface area (Å²) < 4.78 is 43.1. The fraction of sp³-hybridized carbons (Fsp3) is 0.364. The molecule has 0 fully saturated rings. The molecular weight excluding hydrogens is 297 g/mol. The molecule has 0 aliphatic carbocycles. The van der Waals surface area contributed by atoms with Crippen molar-refractivity contribution in [1.29, 1.82) is 0 Å². The zero-order valence-corrected chi connectivity index (χ0v) is 11.2. The number of hydrogen-bond donors (Lipinski definition) is 1. The standard InChI is InChI=1S/C11H9F3N2OS2/c12-11(13,14)7-4-18-10(16-7)8-5-1-2-17-3-6(5)19-9(8)15/h4H,1-3,15H2. The van der Waals surface area contributed by atoms with Crippen molar-refractivity contribution < 1.29 is 17.9 Å². The fourth-order valence-corrected chi connectivity index (χ4v) is 4.04. The molecule has 0 atom stereocenters. The second-order valence-electron chi connectivity index (χ2n) is 4.08. The van der Waals surface area contributed by atoms with Gasteiger partial charge in [0.25, 0.3) is 0 Å². The molecule has 0 saturated heterocycles. The Morgan fingerprint density at radius 1 is 1.37 bits per heavy atom. The number of nitrogens with zero attached hydrogens (tertiary/aromatic N) is 1. The van der Waals surface area contributed by atoms with E-state index in [4.69, 9.17) is 10.5 Å². The molecule has 8 heteroatoms. The molecule has 3 heterocycles. The number of fused-ring (bicyclic) bond motifs is 1. The van der Waals surface area contributed by atoms with Gasteiger partial charge in [-0.2, -0.15) is 13.2 Å². The van der Waals surface area contributed by atoms with Crippen molar-refractivity contribution >= 4 is 27.7 Å². The number of halogens is 3. The minimum atomic E-state index is -4.41. The Labute approximate surface area is 114 Å². The first-order valence-corrected chi connectivity index (χ1v) is 7.17. The third kappa shape index (κ3) is 2.24. The summed E-state index contributed by atoms with van der Waals surface area (Å²) in [6, 6.07) is 0. The Hall–Kier alpha value is -1.12. The molecule has 0 bridgehead atoms. The smallest absolute Gasteiger partial charge is 0.390 e. The normalized spacial score (nSPS) is 15.5. The number of thiophene rings is 1. The number of hydrogen-bond acceptors (Lipinski definition) is 5. The SMILES string of the molecule is Nc1sc2c(c1-c1nc(C(F)(F)F)cs1)CCOC2. The Kier molecular flexibility index (Phi) is 3.03. The number of alkyl halides is 3. The number of thiazole rings is 1. The summed E-state index contributed by atoms with van der Waals surface area (Å²) in [5, 5.41) is 1.88. The Morgan fingerprint density at radius 2 is 2.16 bits per heavy atom. The van der Waals surface area contributed by atoms with Crippen LogP contribution in [0.15, 0.2) is 5.38 Å². The largest absolute Gasteiger partial charge is 0.434 e. The van der Waals surface area contributed by atoms with Gasteiger partial charge in [-0.25, -0.2) is 4.98 Å². The van der Waals surface area contributed by atoms with Crippen LogP contribution < -0.4 is 5.73 Å². The van der Waals surface area contributed by atoms with E-state index in [2.05, 4.69) is 4.98 Å². The first-order valence-electron chi connectivity index (χ1n) is 5.47. The number of aromatic nitrogens is 1. The van der Waals surface area contributed by atoms with Gasteiger partial charge in [0.1, 0.15) is 5.01 Å². The van der Waals surface area contributed by atoms with Crippen LogP contribution in [0.2, 0.25) is 0 Å². The van der Waals surface area contributed by atoms with Gasteiger partial charge in [0.2, 0.25) is 0 Å². The lowest BCUT2D eigenvalue weighted by Crippen LogP contribution is -2.08. The van der Waals surface area contributed by atoms with Gasteiger partial charge in [-0.1, -0.05) is 0 Å². The fourth-order valence-electron chi connectivity index (χ4n) is 2.01. The number of anilines is 1. The molecule has 19 heavy (non-hydrogen) atoms. The second-order valence-corrected chi connectivity index (χ2v) is 6.08. The van der Waals surface area contributed by atoms with Gasteiger partial charge < -0.3 is 10.5 Å². The number of nitrogen functional groups attached to an aromatic ring is 1. The van der Waals surface area contributed by atoms with E-state index in [9.17, 15) is 13.2 Å². The topological polar surface area (TPSA) is 48.1 Å². The van der Waals surface area contributed by atoms with Crippen LogP contribution in [0.1, 0.15) is 16.1 Å². The molecular formula is C11H9F3N2OS2. The number of rotatable bonds is 1. The van der Waals surface area contributed by atoms with Gasteiger partial charge in [0.15, 0.2) is 5.69 Å². The van der Waals surface area contributed by atoms with E-state index in [1.54, 1.807) is 0 Å². The molecule has 1 aliphatic heterocycles. The number of nitrogens with two attached hydrogens (primary N) is 1. The lowest BCUT2D eigenvalue weighted by Gasteiger charge is -2.12. The molecule has 0 spiro atoms. The monoisotopic (exact) mass is 306 g/mol. The van der Waals surface area contributed by atoms with E-state index in [1.807, 2.05) is 0 Å². The van der Waals surface area contributed by atoms with Crippen molar-refractivity contribution in [2.24, 2.45) is 0 Å². The van der Waals surface area contributed by atoms with Crippen molar-refractivity contribution in [3.8, 4) is 10.6 Å². The molecule has 2 aromatic rings. The van der Waals surface area contributed by atoms with Crippen LogP contribution in [0.4, 0.5) is 18.2 Å². The maximum atomic E-state index is 12.6. The van der Waals surface area contributed by atoms with E-state index in [1.165, 1.54) is 11.3 Å². The summed E-state index contributed by atoms with van der Waals surface area (Å²) in [6.45, 7) is 1.04. The lowest BCUT2D eigenvalue weighted by molar-refractivity contribution is -0.140. The third-order valence-electron chi connectivity index (χ3n) is 2.86. The van der Waals surface area contributed by atoms with Gasteiger partial charge in [0.05, 0.1) is 18.2 Å². The Balaban J connectivity index is 2.07. The molecule has 0 saturated carbocycles. The highest BCUT2D eigenvalue weighted by Gasteiger charge is 2.34. The zero-order valence-electron chi connectivity index (χ0n) is 9.58. The molecule has 0 amide bonds. The zero-order chi connectivity index (χ0) is 13.6.